The van der Waals surface area contributed by atoms with E-state index in [-0.39, 0.29) is 6.42 Å². The molecule has 0 radical (unpaired) electrons. The van der Waals surface area contributed by atoms with E-state index >= 15 is 0 Å². The molecule has 22 heavy (non-hydrogen) atoms. The molecule has 1 atom stereocenters. The molecular formula is C17H22O5. The molecule has 0 aliphatic rings. The Labute approximate surface area is 129 Å². The van der Waals surface area contributed by atoms with Crippen molar-refractivity contribution in [2.24, 2.45) is 0 Å². The largest absolute Gasteiger partial charge is 0.496 e. The lowest BCUT2D eigenvalue weighted by Gasteiger charge is -2.30. The predicted molar refractivity (Wildman–Crippen MR) is 84.5 cm³/mol. The van der Waals surface area contributed by atoms with Gasteiger partial charge in [-0.3, -0.25) is 0 Å². The van der Waals surface area contributed by atoms with Gasteiger partial charge in [0.05, 0.1) is 18.8 Å². The second kappa shape index (κ2) is 6.50. The molecule has 0 aliphatic carbocycles. The summed E-state index contributed by atoms with van der Waals surface area (Å²) in [4.78, 5) is 11.5. The van der Waals surface area contributed by atoms with Crippen molar-refractivity contribution in [3.63, 3.8) is 0 Å². The number of methoxy groups -OCH3 is 1. The molecule has 1 aromatic carbocycles. The Hall–Kier alpha value is -1.85. The number of rotatable bonds is 6. The van der Waals surface area contributed by atoms with Crippen LogP contribution in [-0.4, -0.2) is 30.5 Å². The molecule has 0 amide bonds. The summed E-state index contributed by atoms with van der Waals surface area (Å²) in [6, 6.07) is 6.70. The van der Waals surface area contributed by atoms with Gasteiger partial charge in [0.25, 0.3) is 0 Å². The molecule has 120 valence electrons. The zero-order valence-electron chi connectivity index (χ0n) is 13.4. The highest BCUT2D eigenvalue weighted by atomic mass is 16.5. The lowest BCUT2D eigenvalue weighted by molar-refractivity contribution is -0.0955. The van der Waals surface area contributed by atoms with Crippen LogP contribution in [0, 0.1) is 0 Å². The summed E-state index contributed by atoms with van der Waals surface area (Å²) >= 11 is 0. The minimum absolute atomic E-state index is 0.264. The van der Waals surface area contributed by atoms with Gasteiger partial charge in [-0.05, 0) is 39.0 Å². The minimum atomic E-state index is -0.766. The van der Waals surface area contributed by atoms with Crippen LogP contribution in [0.15, 0.2) is 33.5 Å². The smallest absolute Gasteiger partial charge is 0.336 e. The van der Waals surface area contributed by atoms with Crippen LogP contribution < -0.4 is 10.4 Å². The first-order valence-corrected chi connectivity index (χ1v) is 7.30. The highest BCUT2D eigenvalue weighted by molar-refractivity contribution is 5.82. The molecule has 2 rings (SSSR count). The molecule has 5 nitrogen and oxygen atoms in total. The van der Waals surface area contributed by atoms with Gasteiger partial charge in [-0.15, -0.1) is 0 Å². The van der Waals surface area contributed by atoms with Crippen LogP contribution in [0.2, 0.25) is 0 Å². The Morgan fingerprint density at radius 3 is 2.59 bits per heavy atom. The molecule has 0 saturated heterocycles. The highest BCUT2D eigenvalue weighted by Gasteiger charge is 2.30. The van der Waals surface area contributed by atoms with Crippen LogP contribution in [0.25, 0.3) is 11.0 Å². The molecule has 1 N–H and O–H groups in total. The maximum absolute atomic E-state index is 11.5. The van der Waals surface area contributed by atoms with Crippen LogP contribution in [0.3, 0.4) is 0 Å². The third-order valence-electron chi connectivity index (χ3n) is 3.79. The van der Waals surface area contributed by atoms with Crippen LogP contribution in [-0.2, 0) is 11.2 Å². The SMILES string of the molecule is CCOC(C)(C)[C@H](O)Cc1c(OC)ccc2ccc(=O)oc12. The number of hydrogen-bond acceptors (Lipinski definition) is 5. The van der Waals surface area contributed by atoms with Crippen molar-refractivity contribution in [2.45, 2.75) is 38.9 Å². The first kappa shape index (κ1) is 16.5. The molecule has 0 saturated carbocycles. The number of benzene rings is 1. The quantitative estimate of drug-likeness (QED) is 0.831. The first-order chi connectivity index (χ1) is 10.4. The lowest BCUT2D eigenvalue weighted by atomic mass is 9.93. The van der Waals surface area contributed by atoms with E-state index in [1.54, 1.807) is 19.2 Å². The van der Waals surface area contributed by atoms with E-state index < -0.39 is 17.3 Å². The summed E-state index contributed by atoms with van der Waals surface area (Å²) in [5.74, 6) is 0.577. The van der Waals surface area contributed by atoms with Crippen molar-refractivity contribution in [3.05, 3.63) is 40.2 Å². The summed E-state index contributed by atoms with van der Waals surface area (Å²) in [7, 11) is 1.55. The molecule has 0 fully saturated rings. The third kappa shape index (κ3) is 3.31. The number of aliphatic hydroxyl groups is 1. The van der Waals surface area contributed by atoms with E-state index in [1.165, 1.54) is 6.07 Å². The van der Waals surface area contributed by atoms with Gasteiger partial charge in [-0.1, -0.05) is 0 Å². The maximum atomic E-state index is 11.5. The number of aliphatic hydroxyl groups excluding tert-OH is 1. The van der Waals surface area contributed by atoms with Gasteiger partial charge in [0.1, 0.15) is 11.3 Å². The van der Waals surface area contributed by atoms with Crippen molar-refractivity contribution in [2.75, 3.05) is 13.7 Å². The molecule has 0 spiro atoms. The van der Waals surface area contributed by atoms with E-state index in [1.807, 2.05) is 26.8 Å². The molecule has 0 bridgehead atoms. The number of hydrogen-bond donors (Lipinski definition) is 1. The second-order valence-corrected chi connectivity index (χ2v) is 5.68. The normalized spacial score (nSPS) is 13.3. The Bertz CT molecular complexity index is 702. The molecular weight excluding hydrogens is 284 g/mol. The van der Waals surface area contributed by atoms with Crippen LogP contribution in [0.5, 0.6) is 5.75 Å². The van der Waals surface area contributed by atoms with Gasteiger partial charge in [-0.2, -0.15) is 0 Å². The number of fused-ring (bicyclic) bond motifs is 1. The van der Waals surface area contributed by atoms with Crippen LogP contribution >= 0.6 is 0 Å². The van der Waals surface area contributed by atoms with Gasteiger partial charge >= 0.3 is 5.63 Å². The van der Waals surface area contributed by atoms with Crippen molar-refractivity contribution in [1.82, 2.24) is 0 Å². The van der Waals surface area contributed by atoms with Crippen molar-refractivity contribution in [1.29, 1.82) is 0 Å². The second-order valence-electron chi connectivity index (χ2n) is 5.68. The molecule has 0 aliphatic heterocycles. The van der Waals surface area contributed by atoms with E-state index in [4.69, 9.17) is 13.9 Å². The van der Waals surface area contributed by atoms with Crippen LogP contribution in [0.4, 0.5) is 0 Å². The lowest BCUT2D eigenvalue weighted by Crippen LogP contribution is -2.40. The van der Waals surface area contributed by atoms with E-state index in [0.29, 0.717) is 23.5 Å². The average molecular weight is 306 g/mol. The first-order valence-electron chi connectivity index (χ1n) is 7.30. The summed E-state index contributed by atoms with van der Waals surface area (Å²) in [5.41, 5.74) is -0.0338. The van der Waals surface area contributed by atoms with Gasteiger partial charge in [0.2, 0.25) is 0 Å². The molecule has 2 aromatic rings. The summed E-state index contributed by atoms with van der Waals surface area (Å²) in [6.07, 6.45) is -0.502. The van der Waals surface area contributed by atoms with Crippen molar-refractivity contribution < 1.29 is 19.0 Å². The molecule has 1 heterocycles. The Morgan fingerprint density at radius 2 is 1.95 bits per heavy atom. The molecule has 5 heteroatoms. The fourth-order valence-corrected chi connectivity index (χ4v) is 2.46. The molecule has 1 aromatic heterocycles. The topological polar surface area (TPSA) is 68.9 Å². The van der Waals surface area contributed by atoms with Gasteiger partial charge in [-0.25, -0.2) is 4.79 Å². The van der Waals surface area contributed by atoms with Crippen LogP contribution in [0.1, 0.15) is 26.3 Å². The van der Waals surface area contributed by atoms with E-state index in [9.17, 15) is 9.90 Å². The maximum Gasteiger partial charge on any atom is 0.336 e. The number of ether oxygens (including phenoxy) is 2. The Balaban J connectivity index is 2.48. The third-order valence-corrected chi connectivity index (χ3v) is 3.79. The van der Waals surface area contributed by atoms with Gasteiger partial charge < -0.3 is 19.0 Å². The zero-order valence-corrected chi connectivity index (χ0v) is 13.4. The average Bonchev–Trinajstić information content (AvgIpc) is 2.47. The van der Waals surface area contributed by atoms with Gasteiger partial charge in [0, 0.05) is 30.0 Å². The van der Waals surface area contributed by atoms with E-state index in [2.05, 4.69) is 0 Å². The fraction of sp³-hybridized carbons (Fsp3) is 0.471. The standard InChI is InChI=1S/C17H22O5/c1-5-21-17(2,3)14(18)10-12-13(20-4)8-6-11-7-9-15(19)22-16(11)12/h6-9,14,18H,5,10H2,1-4H3/t14-/m1/s1. The zero-order chi connectivity index (χ0) is 16.3. The summed E-state index contributed by atoms with van der Waals surface area (Å²) in [5, 5.41) is 11.3. The van der Waals surface area contributed by atoms with Crippen molar-refractivity contribution in [3.8, 4) is 5.75 Å². The van der Waals surface area contributed by atoms with Crippen molar-refractivity contribution >= 4 is 11.0 Å². The highest BCUT2D eigenvalue weighted by Crippen LogP contribution is 2.30. The Kier molecular flexibility index (Phi) is 4.88. The Morgan fingerprint density at radius 1 is 1.27 bits per heavy atom. The summed E-state index contributed by atoms with van der Waals surface area (Å²) in [6.45, 7) is 6.04. The summed E-state index contributed by atoms with van der Waals surface area (Å²) < 4.78 is 16.3. The predicted octanol–water partition coefficient (Wildman–Crippen LogP) is 2.52. The molecule has 0 unspecified atom stereocenters. The minimum Gasteiger partial charge on any atom is -0.496 e. The van der Waals surface area contributed by atoms with Gasteiger partial charge in [0.15, 0.2) is 0 Å². The van der Waals surface area contributed by atoms with E-state index in [0.717, 1.165) is 5.39 Å². The monoisotopic (exact) mass is 306 g/mol. The fourth-order valence-electron chi connectivity index (χ4n) is 2.46.